The lowest BCUT2D eigenvalue weighted by Gasteiger charge is -2.06. The van der Waals surface area contributed by atoms with Crippen LogP contribution in [0.1, 0.15) is 41.0 Å². The quantitative estimate of drug-likeness (QED) is 0.631. The minimum Gasteiger partial charge on any atom is -0.462 e. The van der Waals surface area contributed by atoms with Crippen LogP contribution in [0.3, 0.4) is 0 Å². The number of aromatic nitrogens is 2. The van der Waals surface area contributed by atoms with Crippen LogP contribution < -0.4 is 0 Å². The van der Waals surface area contributed by atoms with Gasteiger partial charge in [-0.3, -0.25) is 0 Å². The number of para-hydroxylation sites is 1. The van der Waals surface area contributed by atoms with Crippen molar-refractivity contribution in [1.82, 2.24) is 9.78 Å². The van der Waals surface area contributed by atoms with Crippen LogP contribution in [0.25, 0.3) is 5.69 Å². The zero-order valence-corrected chi connectivity index (χ0v) is 13.1. The van der Waals surface area contributed by atoms with Gasteiger partial charge in [-0.15, -0.1) is 0 Å². The molecule has 0 amide bonds. The summed E-state index contributed by atoms with van der Waals surface area (Å²) in [5.41, 5.74) is 2.90. The number of aliphatic hydroxyl groups is 1. The number of benzene rings is 1. The molecule has 5 nitrogen and oxygen atoms in total. The first-order chi connectivity index (χ1) is 10.6. The average molecular weight is 302 g/mol. The van der Waals surface area contributed by atoms with Crippen LogP contribution in [-0.2, 0) is 4.74 Å². The molecule has 118 valence electrons. The van der Waals surface area contributed by atoms with Gasteiger partial charge in [0.05, 0.1) is 23.7 Å². The van der Waals surface area contributed by atoms with Gasteiger partial charge in [-0.2, -0.15) is 5.10 Å². The van der Waals surface area contributed by atoms with Crippen molar-refractivity contribution in [3.05, 3.63) is 47.3 Å². The number of esters is 1. The molecule has 0 aliphatic carbocycles. The van der Waals surface area contributed by atoms with Crippen molar-refractivity contribution in [1.29, 1.82) is 0 Å². The van der Waals surface area contributed by atoms with E-state index in [9.17, 15) is 4.79 Å². The summed E-state index contributed by atoms with van der Waals surface area (Å²) in [5.74, 6) is -0.332. The smallest absolute Gasteiger partial charge is 0.341 e. The van der Waals surface area contributed by atoms with Crippen LogP contribution in [-0.4, -0.2) is 34.1 Å². The lowest BCUT2D eigenvalue weighted by molar-refractivity contribution is 0.0495. The van der Waals surface area contributed by atoms with Crippen molar-refractivity contribution < 1.29 is 14.6 Å². The van der Waals surface area contributed by atoms with Crippen molar-refractivity contribution in [2.45, 2.75) is 33.1 Å². The first kappa shape index (κ1) is 16.2. The predicted molar refractivity (Wildman–Crippen MR) is 84.3 cm³/mol. The van der Waals surface area contributed by atoms with Gasteiger partial charge in [0, 0.05) is 6.61 Å². The summed E-state index contributed by atoms with van der Waals surface area (Å²) in [5, 5.41) is 13.2. The Morgan fingerprint density at radius 3 is 2.59 bits per heavy atom. The normalized spacial score (nSPS) is 10.7. The summed E-state index contributed by atoms with van der Waals surface area (Å²) < 4.78 is 7.07. The molecule has 0 fully saturated rings. The monoisotopic (exact) mass is 302 g/mol. The second-order valence-electron chi connectivity index (χ2n) is 5.21. The van der Waals surface area contributed by atoms with Gasteiger partial charge in [0.2, 0.25) is 0 Å². The molecule has 0 saturated heterocycles. The number of aryl methyl sites for hydroxylation is 1. The highest BCUT2D eigenvalue weighted by Gasteiger charge is 2.20. The lowest BCUT2D eigenvalue weighted by atomic mass is 10.2. The van der Waals surface area contributed by atoms with Crippen LogP contribution in [0.4, 0.5) is 0 Å². The molecular formula is C17H22N2O3. The lowest BCUT2D eigenvalue weighted by Crippen LogP contribution is -2.09. The molecule has 22 heavy (non-hydrogen) atoms. The van der Waals surface area contributed by atoms with Crippen LogP contribution >= 0.6 is 0 Å². The van der Waals surface area contributed by atoms with E-state index in [-0.39, 0.29) is 12.6 Å². The summed E-state index contributed by atoms with van der Waals surface area (Å²) in [6.45, 7) is 4.23. The Kier molecular flexibility index (Phi) is 5.72. The highest BCUT2D eigenvalue weighted by atomic mass is 16.5. The molecule has 1 heterocycles. The summed E-state index contributed by atoms with van der Waals surface area (Å²) in [4.78, 5) is 12.2. The SMILES string of the molecule is Cc1nn(-c2ccccc2)c(C)c1C(=O)OCCCCCO. The van der Waals surface area contributed by atoms with E-state index >= 15 is 0 Å². The third-order valence-corrected chi connectivity index (χ3v) is 3.53. The maximum atomic E-state index is 12.2. The number of unbranched alkanes of at least 4 members (excludes halogenated alkanes) is 2. The standard InChI is InChI=1S/C17H22N2O3/c1-13-16(17(21)22-12-8-4-7-11-20)14(2)19(18-13)15-9-5-3-6-10-15/h3,5-6,9-10,20H,4,7-8,11-12H2,1-2H3. The number of nitrogens with zero attached hydrogens (tertiary/aromatic N) is 2. The van der Waals surface area contributed by atoms with Crippen LogP contribution in [0, 0.1) is 13.8 Å². The molecule has 0 aliphatic rings. The van der Waals surface area contributed by atoms with E-state index in [2.05, 4.69) is 5.10 Å². The summed E-state index contributed by atoms with van der Waals surface area (Å²) in [6, 6.07) is 9.71. The molecule has 1 aromatic carbocycles. The van der Waals surface area contributed by atoms with Gasteiger partial charge in [0.1, 0.15) is 5.56 Å². The first-order valence-corrected chi connectivity index (χ1v) is 7.54. The van der Waals surface area contributed by atoms with Gasteiger partial charge in [0.25, 0.3) is 0 Å². The number of hydrogen-bond donors (Lipinski definition) is 1. The predicted octanol–water partition coefficient (Wildman–Crippen LogP) is 2.81. The van der Waals surface area contributed by atoms with Gasteiger partial charge < -0.3 is 9.84 Å². The van der Waals surface area contributed by atoms with Gasteiger partial charge >= 0.3 is 5.97 Å². The zero-order valence-electron chi connectivity index (χ0n) is 13.1. The molecule has 1 aromatic heterocycles. The Labute approximate surface area is 130 Å². The summed E-state index contributed by atoms with van der Waals surface area (Å²) >= 11 is 0. The van der Waals surface area contributed by atoms with E-state index in [0.29, 0.717) is 17.9 Å². The molecule has 5 heteroatoms. The van der Waals surface area contributed by atoms with Gasteiger partial charge in [-0.25, -0.2) is 9.48 Å². The van der Waals surface area contributed by atoms with Crippen LogP contribution in [0.2, 0.25) is 0 Å². The Morgan fingerprint density at radius 2 is 1.91 bits per heavy atom. The summed E-state index contributed by atoms with van der Waals surface area (Å²) in [6.07, 6.45) is 2.35. The second kappa shape index (κ2) is 7.75. The Balaban J connectivity index is 2.08. The molecule has 1 N–H and O–H groups in total. The van der Waals surface area contributed by atoms with Gasteiger partial charge in [0.15, 0.2) is 0 Å². The third-order valence-electron chi connectivity index (χ3n) is 3.53. The Hall–Kier alpha value is -2.14. The number of rotatable bonds is 7. The van der Waals surface area contributed by atoms with E-state index in [1.54, 1.807) is 4.68 Å². The molecule has 0 aliphatic heterocycles. The molecule has 2 rings (SSSR count). The molecule has 0 unspecified atom stereocenters. The third kappa shape index (κ3) is 3.74. The van der Waals surface area contributed by atoms with E-state index in [1.165, 1.54) is 0 Å². The van der Waals surface area contributed by atoms with Crippen molar-refractivity contribution in [3.63, 3.8) is 0 Å². The first-order valence-electron chi connectivity index (χ1n) is 7.54. The number of carbonyl (C=O) groups is 1. The van der Waals surface area contributed by atoms with Crippen molar-refractivity contribution in [2.75, 3.05) is 13.2 Å². The van der Waals surface area contributed by atoms with Crippen molar-refractivity contribution in [2.24, 2.45) is 0 Å². The highest BCUT2D eigenvalue weighted by molar-refractivity contribution is 5.92. The number of aliphatic hydroxyl groups excluding tert-OH is 1. The maximum absolute atomic E-state index is 12.2. The van der Waals surface area contributed by atoms with Gasteiger partial charge in [-0.05, 0) is 45.2 Å². The zero-order chi connectivity index (χ0) is 15.9. The number of ether oxygens (including phenoxy) is 1. The molecule has 0 saturated carbocycles. The highest BCUT2D eigenvalue weighted by Crippen LogP contribution is 2.18. The fraction of sp³-hybridized carbons (Fsp3) is 0.412. The minimum absolute atomic E-state index is 0.177. The molecule has 0 radical (unpaired) electrons. The second-order valence-corrected chi connectivity index (χ2v) is 5.21. The molecule has 0 bridgehead atoms. The molecule has 0 spiro atoms. The largest absolute Gasteiger partial charge is 0.462 e. The molecule has 2 aromatic rings. The van der Waals surface area contributed by atoms with E-state index in [1.807, 2.05) is 44.2 Å². The van der Waals surface area contributed by atoms with Crippen molar-refractivity contribution in [3.8, 4) is 5.69 Å². The van der Waals surface area contributed by atoms with Gasteiger partial charge in [-0.1, -0.05) is 18.2 Å². The number of hydrogen-bond acceptors (Lipinski definition) is 4. The Morgan fingerprint density at radius 1 is 1.18 bits per heavy atom. The topological polar surface area (TPSA) is 64.4 Å². The van der Waals surface area contributed by atoms with Crippen LogP contribution in [0.5, 0.6) is 0 Å². The van der Waals surface area contributed by atoms with E-state index < -0.39 is 0 Å². The van der Waals surface area contributed by atoms with Crippen LogP contribution in [0.15, 0.2) is 30.3 Å². The average Bonchev–Trinajstić information content (AvgIpc) is 2.82. The molecule has 0 atom stereocenters. The fourth-order valence-electron chi connectivity index (χ4n) is 2.39. The molecular weight excluding hydrogens is 280 g/mol. The number of carbonyl (C=O) groups excluding carboxylic acids is 1. The maximum Gasteiger partial charge on any atom is 0.341 e. The summed E-state index contributed by atoms with van der Waals surface area (Å²) in [7, 11) is 0. The Bertz CT molecular complexity index is 620. The van der Waals surface area contributed by atoms with Crippen molar-refractivity contribution >= 4 is 5.97 Å². The van der Waals surface area contributed by atoms with E-state index in [0.717, 1.165) is 30.6 Å². The van der Waals surface area contributed by atoms with E-state index in [4.69, 9.17) is 9.84 Å². The fourth-order valence-corrected chi connectivity index (χ4v) is 2.39. The minimum atomic E-state index is -0.332.